The van der Waals surface area contributed by atoms with Crippen molar-refractivity contribution in [1.82, 2.24) is 0 Å². The third kappa shape index (κ3) is 4.81. The first-order valence-electron chi connectivity index (χ1n) is 9.03. The molecule has 0 spiro atoms. The normalized spacial score (nSPS) is 20.9. The zero-order valence-corrected chi connectivity index (χ0v) is 14.1. The Balaban J connectivity index is 1.43. The Labute approximate surface area is 143 Å². The summed E-state index contributed by atoms with van der Waals surface area (Å²) in [6.45, 7) is 0.657. The molecular weight excluding hydrogens is 304 g/mol. The standard InChI is InChI=1S/C19H26N2O3/c22-18(12-7-14-4-1-2-5-14)20-15-8-10-16(11-9-15)21-19(23)17-6-3-13-24-17/h8-11,14,17H,1-7,12-13H2,(H,20,22)(H,21,23). The second kappa shape index (κ2) is 8.29. The zero-order chi connectivity index (χ0) is 16.8. The summed E-state index contributed by atoms with van der Waals surface area (Å²) in [4.78, 5) is 24.0. The fourth-order valence-electron chi connectivity index (χ4n) is 3.50. The summed E-state index contributed by atoms with van der Waals surface area (Å²) in [7, 11) is 0. The van der Waals surface area contributed by atoms with E-state index in [-0.39, 0.29) is 17.9 Å². The van der Waals surface area contributed by atoms with Crippen LogP contribution in [0.15, 0.2) is 24.3 Å². The van der Waals surface area contributed by atoms with Gasteiger partial charge in [0.05, 0.1) is 0 Å². The largest absolute Gasteiger partial charge is 0.368 e. The van der Waals surface area contributed by atoms with E-state index in [1.54, 1.807) is 12.1 Å². The van der Waals surface area contributed by atoms with Gasteiger partial charge in [-0.25, -0.2) is 0 Å². The molecule has 2 amide bonds. The number of carbonyl (C=O) groups is 2. The Morgan fingerprint density at radius 1 is 0.958 bits per heavy atom. The van der Waals surface area contributed by atoms with Gasteiger partial charge in [-0.3, -0.25) is 9.59 Å². The summed E-state index contributed by atoms with van der Waals surface area (Å²) in [6.07, 6.45) is 8.11. The minimum Gasteiger partial charge on any atom is -0.368 e. The number of amides is 2. The lowest BCUT2D eigenvalue weighted by atomic mass is 10.0. The van der Waals surface area contributed by atoms with Crippen LogP contribution in [0, 0.1) is 5.92 Å². The number of anilines is 2. The fraction of sp³-hybridized carbons (Fsp3) is 0.579. The van der Waals surface area contributed by atoms with Gasteiger partial charge >= 0.3 is 0 Å². The van der Waals surface area contributed by atoms with Crippen molar-refractivity contribution in [2.24, 2.45) is 5.92 Å². The van der Waals surface area contributed by atoms with Crippen molar-refractivity contribution in [3.05, 3.63) is 24.3 Å². The van der Waals surface area contributed by atoms with E-state index < -0.39 is 0 Å². The monoisotopic (exact) mass is 330 g/mol. The van der Waals surface area contributed by atoms with Gasteiger partial charge in [0, 0.05) is 24.4 Å². The van der Waals surface area contributed by atoms with E-state index in [1.165, 1.54) is 25.7 Å². The van der Waals surface area contributed by atoms with Crippen LogP contribution in [0.5, 0.6) is 0 Å². The minimum absolute atomic E-state index is 0.0676. The molecule has 2 fully saturated rings. The number of ether oxygens (including phenoxy) is 1. The SMILES string of the molecule is O=C(CCC1CCCC1)Nc1ccc(NC(=O)C2CCCO2)cc1. The molecule has 1 aromatic rings. The van der Waals surface area contributed by atoms with Crippen molar-refractivity contribution in [3.8, 4) is 0 Å². The molecule has 0 aromatic heterocycles. The summed E-state index contributed by atoms with van der Waals surface area (Å²) in [5.41, 5.74) is 1.49. The van der Waals surface area contributed by atoms with Gasteiger partial charge in [0.1, 0.15) is 6.10 Å². The molecular formula is C19H26N2O3. The second-order valence-electron chi connectivity index (χ2n) is 6.81. The van der Waals surface area contributed by atoms with E-state index in [2.05, 4.69) is 10.6 Å². The highest BCUT2D eigenvalue weighted by molar-refractivity contribution is 5.95. The van der Waals surface area contributed by atoms with E-state index in [0.717, 1.165) is 36.6 Å². The number of nitrogens with one attached hydrogen (secondary N) is 2. The summed E-state index contributed by atoms with van der Waals surface area (Å²) in [6, 6.07) is 7.25. The van der Waals surface area contributed by atoms with Crippen LogP contribution < -0.4 is 10.6 Å². The lowest BCUT2D eigenvalue weighted by Gasteiger charge is -2.12. The molecule has 1 saturated heterocycles. The van der Waals surface area contributed by atoms with Crippen LogP contribution in [0.1, 0.15) is 51.4 Å². The summed E-state index contributed by atoms with van der Waals surface area (Å²) in [5.74, 6) is 0.699. The van der Waals surface area contributed by atoms with Crippen molar-refractivity contribution in [3.63, 3.8) is 0 Å². The Kier molecular flexibility index (Phi) is 5.86. The summed E-state index contributed by atoms with van der Waals surface area (Å²) >= 11 is 0. The molecule has 24 heavy (non-hydrogen) atoms. The van der Waals surface area contributed by atoms with Crippen molar-refractivity contribution in [2.75, 3.05) is 17.2 Å². The molecule has 2 N–H and O–H groups in total. The Hall–Kier alpha value is -1.88. The van der Waals surface area contributed by atoms with Gasteiger partial charge in [0.2, 0.25) is 5.91 Å². The van der Waals surface area contributed by atoms with Gasteiger partial charge < -0.3 is 15.4 Å². The first-order valence-corrected chi connectivity index (χ1v) is 9.03. The first kappa shape index (κ1) is 17.0. The third-order valence-corrected chi connectivity index (χ3v) is 4.91. The molecule has 0 radical (unpaired) electrons. The Morgan fingerprint density at radius 3 is 2.25 bits per heavy atom. The quantitative estimate of drug-likeness (QED) is 0.835. The maximum absolute atomic E-state index is 12.0. The summed E-state index contributed by atoms with van der Waals surface area (Å²) in [5, 5.41) is 5.78. The van der Waals surface area contributed by atoms with E-state index >= 15 is 0 Å². The van der Waals surface area contributed by atoms with Gasteiger partial charge in [0.25, 0.3) is 5.91 Å². The topological polar surface area (TPSA) is 67.4 Å². The fourth-order valence-corrected chi connectivity index (χ4v) is 3.50. The highest BCUT2D eigenvalue weighted by Crippen LogP contribution is 2.28. The van der Waals surface area contributed by atoms with Crippen LogP contribution in [-0.2, 0) is 14.3 Å². The van der Waals surface area contributed by atoms with Gasteiger partial charge in [-0.15, -0.1) is 0 Å². The molecule has 1 atom stereocenters. The predicted octanol–water partition coefficient (Wildman–Crippen LogP) is 3.71. The molecule has 130 valence electrons. The number of carbonyl (C=O) groups excluding carboxylic acids is 2. The smallest absolute Gasteiger partial charge is 0.253 e. The molecule has 1 aliphatic carbocycles. The van der Waals surface area contributed by atoms with Crippen LogP contribution in [0.2, 0.25) is 0 Å². The molecule has 1 unspecified atom stereocenters. The maximum atomic E-state index is 12.0. The molecule has 1 heterocycles. The second-order valence-corrected chi connectivity index (χ2v) is 6.81. The molecule has 1 aliphatic heterocycles. The maximum Gasteiger partial charge on any atom is 0.253 e. The number of benzene rings is 1. The zero-order valence-electron chi connectivity index (χ0n) is 14.1. The molecule has 2 aliphatic rings. The lowest BCUT2D eigenvalue weighted by Crippen LogP contribution is -2.26. The molecule has 0 bridgehead atoms. The van der Waals surface area contributed by atoms with Crippen molar-refractivity contribution in [1.29, 1.82) is 0 Å². The highest BCUT2D eigenvalue weighted by Gasteiger charge is 2.23. The number of hydrogen-bond donors (Lipinski definition) is 2. The van der Waals surface area contributed by atoms with Crippen molar-refractivity contribution < 1.29 is 14.3 Å². The van der Waals surface area contributed by atoms with Gasteiger partial charge in [-0.05, 0) is 49.4 Å². The van der Waals surface area contributed by atoms with Crippen molar-refractivity contribution in [2.45, 2.75) is 57.5 Å². The molecule has 3 rings (SSSR count). The van der Waals surface area contributed by atoms with Crippen molar-refractivity contribution >= 4 is 23.2 Å². The Morgan fingerprint density at radius 2 is 1.62 bits per heavy atom. The van der Waals surface area contributed by atoms with Crippen LogP contribution in [0.25, 0.3) is 0 Å². The van der Waals surface area contributed by atoms with Crippen LogP contribution in [0.3, 0.4) is 0 Å². The minimum atomic E-state index is -0.333. The van der Waals surface area contributed by atoms with Gasteiger partial charge in [0.15, 0.2) is 0 Å². The number of hydrogen-bond acceptors (Lipinski definition) is 3. The molecule has 5 nitrogen and oxygen atoms in total. The van der Waals surface area contributed by atoms with Gasteiger partial charge in [-0.1, -0.05) is 25.7 Å². The predicted molar refractivity (Wildman–Crippen MR) is 93.9 cm³/mol. The average molecular weight is 330 g/mol. The van der Waals surface area contributed by atoms with Crippen LogP contribution in [0.4, 0.5) is 11.4 Å². The average Bonchev–Trinajstić information content (AvgIpc) is 3.28. The van der Waals surface area contributed by atoms with E-state index in [1.807, 2.05) is 12.1 Å². The molecule has 1 aromatic carbocycles. The lowest BCUT2D eigenvalue weighted by molar-refractivity contribution is -0.124. The highest BCUT2D eigenvalue weighted by atomic mass is 16.5. The summed E-state index contributed by atoms with van der Waals surface area (Å²) < 4.78 is 5.36. The van der Waals surface area contributed by atoms with Crippen LogP contribution in [-0.4, -0.2) is 24.5 Å². The third-order valence-electron chi connectivity index (χ3n) is 4.91. The van der Waals surface area contributed by atoms with Crippen LogP contribution >= 0.6 is 0 Å². The van der Waals surface area contributed by atoms with E-state index in [9.17, 15) is 9.59 Å². The van der Waals surface area contributed by atoms with Gasteiger partial charge in [-0.2, -0.15) is 0 Å². The van der Waals surface area contributed by atoms with E-state index in [0.29, 0.717) is 13.0 Å². The number of rotatable bonds is 6. The Bertz CT molecular complexity index is 558. The van der Waals surface area contributed by atoms with E-state index in [4.69, 9.17) is 4.74 Å². The molecule has 1 saturated carbocycles. The first-order chi connectivity index (χ1) is 11.7. The molecule has 5 heteroatoms.